The average molecular weight is 564 g/mol. The molecule has 1 aliphatic heterocycles. The van der Waals surface area contributed by atoms with E-state index in [9.17, 15) is 9.18 Å². The first kappa shape index (κ1) is 26.7. The van der Waals surface area contributed by atoms with E-state index in [0.29, 0.717) is 11.7 Å². The lowest BCUT2D eigenvalue weighted by atomic mass is 9.96. The number of halogens is 1. The molecular weight excluding hydrogens is 533 g/mol. The van der Waals surface area contributed by atoms with Crippen LogP contribution >= 0.6 is 12.2 Å². The highest BCUT2D eigenvalue weighted by molar-refractivity contribution is 7.80. The first-order chi connectivity index (χ1) is 19.9. The lowest BCUT2D eigenvalue weighted by Crippen LogP contribution is -2.33. The molecule has 3 aromatic carbocycles. The van der Waals surface area contributed by atoms with Crippen molar-refractivity contribution in [3.05, 3.63) is 126 Å². The van der Waals surface area contributed by atoms with Crippen LogP contribution in [0.25, 0.3) is 16.5 Å². The van der Waals surface area contributed by atoms with Crippen LogP contribution in [0.3, 0.4) is 0 Å². The Morgan fingerprint density at radius 1 is 1.00 bits per heavy atom. The number of carbonyl (C=O) groups excluding carboxylic acids is 1. The number of rotatable bonds is 7. The fraction of sp³-hybridized carbons (Fsp3) is 0.182. The van der Waals surface area contributed by atoms with Crippen LogP contribution in [0.1, 0.15) is 41.1 Å². The fourth-order valence-corrected chi connectivity index (χ4v) is 6.19. The van der Waals surface area contributed by atoms with Gasteiger partial charge < -0.3 is 20.1 Å². The van der Waals surface area contributed by atoms with Gasteiger partial charge >= 0.3 is 0 Å². The molecule has 0 unspecified atom stereocenters. The van der Waals surface area contributed by atoms with Crippen LogP contribution in [0.2, 0.25) is 0 Å². The molecule has 1 aliphatic rings. The first-order valence-corrected chi connectivity index (χ1v) is 14.0. The Morgan fingerprint density at radius 2 is 1.78 bits per heavy atom. The van der Waals surface area contributed by atoms with Gasteiger partial charge in [0.2, 0.25) is 5.91 Å². The number of nitrogens with zero attached hydrogens (tertiary/aromatic N) is 3. The zero-order valence-corrected chi connectivity index (χ0v) is 23.7. The van der Waals surface area contributed by atoms with E-state index in [0.717, 1.165) is 44.8 Å². The van der Waals surface area contributed by atoms with Crippen molar-refractivity contribution in [2.24, 2.45) is 0 Å². The Kier molecular flexibility index (Phi) is 7.24. The van der Waals surface area contributed by atoms with Gasteiger partial charge in [-0.2, -0.15) is 0 Å². The van der Waals surface area contributed by atoms with Crippen molar-refractivity contribution in [2.45, 2.75) is 32.4 Å². The number of anilines is 1. The zero-order valence-electron chi connectivity index (χ0n) is 22.8. The molecule has 2 N–H and O–H groups in total. The molecule has 2 aromatic heterocycles. The van der Waals surface area contributed by atoms with E-state index in [1.807, 2.05) is 80.6 Å². The number of benzene rings is 3. The van der Waals surface area contributed by atoms with Gasteiger partial charge in [0.05, 0.1) is 17.8 Å². The lowest BCUT2D eigenvalue weighted by Gasteiger charge is -2.28. The summed E-state index contributed by atoms with van der Waals surface area (Å²) in [5.74, 6) is -0.375. The van der Waals surface area contributed by atoms with Gasteiger partial charge in [-0.3, -0.25) is 9.78 Å². The second kappa shape index (κ2) is 11.1. The minimum absolute atomic E-state index is 0.0885. The number of nitrogens with one attached hydrogen (secondary N) is 2. The molecule has 6 nitrogen and oxygen atoms in total. The predicted octanol–water partition coefficient (Wildman–Crippen LogP) is 6.78. The number of amides is 1. The van der Waals surface area contributed by atoms with E-state index in [-0.39, 0.29) is 30.2 Å². The number of hydrogen-bond acceptors (Lipinski definition) is 3. The van der Waals surface area contributed by atoms with Gasteiger partial charge in [0.1, 0.15) is 5.82 Å². The van der Waals surface area contributed by atoms with Crippen molar-refractivity contribution in [3.8, 4) is 5.69 Å². The molecule has 2 atom stereocenters. The number of hydrogen-bond donors (Lipinski definition) is 2. The van der Waals surface area contributed by atoms with Crippen LogP contribution in [-0.4, -0.2) is 32.0 Å². The molecule has 1 saturated heterocycles. The van der Waals surface area contributed by atoms with E-state index >= 15 is 0 Å². The van der Waals surface area contributed by atoms with Gasteiger partial charge in [-0.1, -0.05) is 48.5 Å². The average Bonchev–Trinajstić information content (AvgIpc) is 3.46. The Morgan fingerprint density at radius 3 is 2.59 bits per heavy atom. The van der Waals surface area contributed by atoms with Crippen molar-refractivity contribution in [3.63, 3.8) is 0 Å². The number of fused-ring (bicyclic) bond motifs is 1. The predicted molar refractivity (Wildman–Crippen MR) is 165 cm³/mol. The van der Waals surface area contributed by atoms with Crippen molar-refractivity contribution in [1.29, 1.82) is 0 Å². The molecule has 3 heterocycles. The number of aryl methyl sites for hydroxylation is 1. The molecule has 0 radical (unpaired) electrons. The summed E-state index contributed by atoms with van der Waals surface area (Å²) in [5.41, 5.74) is 5.42. The zero-order chi connectivity index (χ0) is 28.5. The van der Waals surface area contributed by atoms with Crippen LogP contribution in [0.15, 0.2) is 97.2 Å². The van der Waals surface area contributed by atoms with Gasteiger partial charge in [0, 0.05) is 47.3 Å². The third kappa shape index (κ3) is 5.18. The van der Waals surface area contributed by atoms with Crippen LogP contribution in [0.5, 0.6) is 0 Å². The quantitative estimate of drug-likeness (QED) is 0.214. The summed E-state index contributed by atoms with van der Waals surface area (Å²) in [6.45, 7) is 4.47. The van der Waals surface area contributed by atoms with Crippen molar-refractivity contribution in [1.82, 2.24) is 19.8 Å². The maximum absolute atomic E-state index is 14.1. The Balaban J connectivity index is 1.31. The van der Waals surface area contributed by atoms with Gasteiger partial charge in [0.25, 0.3) is 0 Å². The Labute approximate surface area is 243 Å². The van der Waals surface area contributed by atoms with Gasteiger partial charge in [-0.25, -0.2) is 4.39 Å². The molecule has 8 heteroatoms. The topological polar surface area (TPSA) is 62.2 Å². The van der Waals surface area contributed by atoms with Crippen LogP contribution in [0, 0.1) is 19.7 Å². The Bertz CT molecular complexity index is 1750. The first-order valence-electron chi connectivity index (χ1n) is 13.6. The van der Waals surface area contributed by atoms with Crippen molar-refractivity contribution >= 4 is 39.7 Å². The van der Waals surface area contributed by atoms with E-state index in [4.69, 9.17) is 12.2 Å². The third-order valence-electron chi connectivity index (χ3n) is 7.70. The monoisotopic (exact) mass is 563 g/mol. The Hall–Kier alpha value is -4.56. The minimum atomic E-state index is -0.287. The molecule has 0 spiro atoms. The minimum Gasteiger partial charge on any atom is -0.352 e. The second-order valence-electron chi connectivity index (χ2n) is 10.3. The maximum atomic E-state index is 14.1. The molecule has 5 aromatic rings. The highest BCUT2D eigenvalue weighted by atomic mass is 32.1. The van der Waals surface area contributed by atoms with E-state index in [1.54, 1.807) is 12.3 Å². The largest absolute Gasteiger partial charge is 0.352 e. The summed E-state index contributed by atoms with van der Waals surface area (Å²) in [6, 6.07) is 28.0. The maximum Gasteiger partial charge on any atom is 0.226 e. The summed E-state index contributed by atoms with van der Waals surface area (Å²) >= 11 is 5.83. The smallest absolute Gasteiger partial charge is 0.226 e. The summed E-state index contributed by atoms with van der Waals surface area (Å²) in [4.78, 5) is 19.9. The number of carbonyl (C=O) groups is 1. The SMILES string of the molecule is Cc1cc([C@@H]2[C@H](c3ccccn3)NC(=S)N2CCC(=O)Nc2cccc3ccccc23)c(C)n1-c1cccc(F)c1. The van der Waals surface area contributed by atoms with Crippen molar-refractivity contribution in [2.75, 3.05) is 11.9 Å². The molecule has 206 valence electrons. The summed E-state index contributed by atoms with van der Waals surface area (Å²) in [6.07, 6.45) is 2.02. The molecule has 1 fully saturated rings. The molecule has 41 heavy (non-hydrogen) atoms. The highest BCUT2D eigenvalue weighted by Gasteiger charge is 2.41. The summed E-state index contributed by atoms with van der Waals surface area (Å²) in [7, 11) is 0. The van der Waals surface area contributed by atoms with Gasteiger partial charge in [-0.15, -0.1) is 0 Å². The fourth-order valence-electron chi connectivity index (χ4n) is 5.85. The van der Waals surface area contributed by atoms with E-state index in [2.05, 4.69) is 31.2 Å². The van der Waals surface area contributed by atoms with Crippen LogP contribution < -0.4 is 10.6 Å². The van der Waals surface area contributed by atoms with Gasteiger partial charge in [0.15, 0.2) is 5.11 Å². The summed E-state index contributed by atoms with van der Waals surface area (Å²) in [5, 5.41) is 9.20. The second-order valence-corrected chi connectivity index (χ2v) is 10.7. The third-order valence-corrected chi connectivity index (χ3v) is 8.05. The van der Waals surface area contributed by atoms with E-state index in [1.165, 1.54) is 12.1 Å². The normalized spacial score (nSPS) is 16.7. The molecular formula is C33H30FN5OS. The van der Waals surface area contributed by atoms with Gasteiger partial charge in [-0.05, 0) is 79.5 Å². The van der Waals surface area contributed by atoms with Crippen molar-refractivity contribution < 1.29 is 9.18 Å². The van der Waals surface area contributed by atoms with Crippen LogP contribution in [-0.2, 0) is 4.79 Å². The van der Waals surface area contributed by atoms with Crippen LogP contribution in [0.4, 0.5) is 10.1 Å². The highest BCUT2D eigenvalue weighted by Crippen LogP contribution is 2.41. The number of aromatic nitrogens is 2. The lowest BCUT2D eigenvalue weighted by molar-refractivity contribution is -0.116. The van der Waals surface area contributed by atoms with E-state index < -0.39 is 0 Å². The summed E-state index contributed by atoms with van der Waals surface area (Å²) < 4.78 is 16.2. The molecule has 0 bridgehead atoms. The molecule has 1 amide bonds. The standard InChI is InChI=1S/C33H30FN5OS/c1-21-19-27(22(2)39(21)25-12-8-11-24(34)20-25)32-31(29-14-5-6-17-35-29)37-33(41)38(32)18-16-30(40)36-28-15-7-10-23-9-3-4-13-26(23)28/h3-15,17,19-20,31-32H,16,18H2,1-2H3,(H,36,40)(H,37,41)/t31-,32+/m0/s1. The molecule has 0 aliphatic carbocycles. The number of thiocarbonyl (C=S) groups is 1. The number of pyridine rings is 1. The molecule has 0 saturated carbocycles. The molecule has 6 rings (SSSR count).